The van der Waals surface area contributed by atoms with Crippen LogP contribution in [0.1, 0.15) is 89.2 Å². The molecule has 0 spiro atoms. The monoisotopic (exact) mass is 360 g/mol. The molecule has 0 atom stereocenters. The Morgan fingerprint density at radius 2 is 1.19 bits per heavy atom. The molecule has 2 N–H and O–H groups in total. The predicted molar refractivity (Wildman–Crippen MR) is 108 cm³/mol. The van der Waals surface area contributed by atoms with E-state index in [0.29, 0.717) is 25.9 Å². The first kappa shape index (κ1) is 22.2. The Balaban J connectivity index is 2.27. The minimum atomic E-state index is 0.117. The number of rotatable bonds is 14. The van der Waals surface area contributed by atoms with Gasteiger partial charge in [-0.25, -0.2) is 0 Å². The zero-order chi connectivity index (χ0) is 19.0. The summed E-state index contributed by atoms with van der Waals surface area (Å²) in [4.78, 5) is 23.7. The van der Waals surface area contributed by atoms with Gasteiger partial charge in [-0.05, 0) is 24.0 Å². The lowest BCUT2D eigenvalue weighted by atomic mass is 10.1. The number of hydrogen-bond donors (Lipinski definition) is 2. The predicted octanol–water partition coefficient (Wildman–Crippen LogP) is 4.86. The molecule has 4 heteroatoms. The molecule has 0 heterocycles. The third kappa shape index (κ3) is 10.9. The number of hydrogen-bond acceptors (Lipinski definition) is 2. The average Bonchev–Trinajstić information content (AvgIpc) is 2.66. The first-order valence-corrected chi connectivity index (χ1v) is 10.3. The summed E-state index contributed by atoms with van der Waals surface area (Å²) < 4.78 is 0. The maximum atomic E-state index is 11.9. The number of amides is 2. The Morgan fingerprint density at radius 3 is 1.62 bits per heavy atom. The summed E-state index contributed by atoms with van der Waals surface area (Å²) in [5.41, 5.74) is 2.14. The van der Waals surface area contributed by atoms with E-state index in [9.17, 15) is 9.59 Å². The first-order chi connectivity index (χ1) is 12.7. The van der Waals surface area contributed by atoms with E-state index in [-0.39, 0.29) is 11.8 Å². The molecular weight excluding hydrogens is 324 g/mol. The van der Waals surface area contributed by atoms with Crippen LogP contribution in [0.25, 0.3) is 0 Å². The average molecular weight is 361 g/mol. The molecule has 26 heavy (non-hydrogen) atoms. The van der Waals surface area contributed by atoms with Crippen LogP contribution in [-0.4, -0.2) is 11.8 Å². The summed E-state index contributed by atoms with van der Waals surface area (Å²) in [6.07, 6.45) is 10.1. The van der Waals surface area contributed by atoms with E-state index in [0.717, 1.165) is 36.8 Å². The molecule has 0 aliphatic rings. The van der Waals surface area contributed by atoms with Gasteiger partial charge in [0.15, 0.2) is 0 Å². The summed E-state index contributed by atoms with van der Waals surface area (Å²) in [6.45, 7) is 5.43. The van der Waals surface area contributed by atoms with E-state index in [1.165, 1.54) is 25.7 Å². The van der Waals surface area contributed by atoms with E-state index in [1.807, 2.05) is 18.2 Å². The zero-order valence-corrected chi connectivity index (χ0v) is 16.6. The second-order valence-corrected chi connectivity index (χ2v) is 6.99. The fraction of sp³-hybridized carbons (Fsp3) is 0.636. The third-order valence-electron chi connectivity index (χ3n) is 4.49. The van der Waals surface area contributed by atoms with Gasteiger partial charge < -0.3 is 10.6 Å². The van der Waals surface area contributed by atoms with Crippen LogP contribution in [0.3, 0.4) is 0 Å². The molecule has 0 aliphatic heterocycles. The number of benzene rings is 1. The summed E-state index contributed by atoms with van der Waals surface area (Å²) in [5, 5.41) is 5.96. The van der Waals surface area contributed by atoms with Crippen molar-refractivity contribution in [3.8, 4) is 0 Å². The van der Waals surface area contributed by atoms with Gasteiger partial charge in [0.1, 0.15) is 0 Å². The van der Waals surface area contributed by atoms with Crippen molar-refractivity contribution in [1.29, 1.82) is 0 Å². The molecule has 2 amide bonds. The molecular formula is C22H36N2O2. The molecule has 0 aliphatic carbocycles. The Kier molecular flexibility index (Phi) is 12.2. The van der Waals surface area contributed by atoms with Gasteiger partial charge in [-0.3, -0.25) is 9.59 Å². The Morgan fingerprint density at radius 1 is 0.731 bits per heavy atom. The van der Waals surface area contributed by atoms with E-state index in [2.05, 4.69) is 30.5 Å². The highest BCUT2D eigenvalue weighted by atomic mass is 16.2. The Bertz CT molecular complexity index is 485. The van der Waals surface area contributed by atoms with Crippen molar-refractivity contribution in [2.24, 2.45) is 0 Å². The lowest BCUT2D eigenvalue weighted by Crippen LogP contribution is -2.23. The summed E-state index contributed by atoms with van der Waals surface area (Å²) >= 11 is 0. The minimum absolute atomic E-state index is 0.117. The molecule has 0 saturated carbocycles. The van der Waals surface area contributed by atoms with Crippen molar-refractivity contribution in [1.82, 2.24) is 10.6 Å². The highest BCUT2D eigenvalue weighted by Crippen LogP contribution is 2.07. The largest absolute Gasteiger partial charge is 0.352 e. The van der Waals surface area contributed by atoms with Crippen molar-refractivity contribution in [2.45, 2.75) is 91.1 Å². The van der Waals surface area contributed by atoms with Gasteiger partial charge in [0, 0.05) is 25.9 Å². The minimum Gasteiger partial charge on any atom is -0.352 e. The molecule has 0 unspecified atom stereocenters. The molecule has 4 nitrogen and oxygen atoms in total. The molecule has 1 aromatic carbocycles. The Hall–Kier alpha value is -1.84. The normalized spacial score (nSPS) is 10.5. The summed E-state index contributed by atoms with van der Waals surface area (Å²) in [5.74, 6) is 0.235. The molecule has 0 aromatic heterocycles. The molecule has 146 valence electrons. The van der Waals surface area contributed by atoms with Crippen molar-refractivity contribution in [3.05, 3.63) is 35.4 Å². The van der Waals surface area contributed by atoms with Gasteiger partial charge in [-0.15, -0.1) is 0 Å². The smallest absolute Gasteiger partial charge is 0.220 e. The number of nitrogens with one attached hydrogen (secondary N) is 2. The molecule has 0 saturated heterocycles. The zero-order valence-electron chi connectivity index (χ0n) is 16.6. The van der Waals surface area contributed by atoms with E-state index >= 15 is 0 Å². The second kappa shape index (κ2) is 14.3. The standard InChI is InChI=1S/C22H36N2O2/c1-3-5-7-9-14-21(25)23-17-19-12-11-13-20(16-19)18-24-22(26)15-10-8-6-4-2/h11-13,16H,3-10,14-15,17-18H2,1-2H3,(H,23,25)(H,24,26). The Labute approximate surface area is 159 Å². The molecule has 1 aromatic rings. The van der Waals surface area contributed by atoms with E-state index < -0.39 is 0 Å². The number of carbonyl (C=O) groups excluding carboxylic acids is 2. The maximum Gasteiger partial charge on any atom is 0.220 e. The van der Waals surface area contributed by atoms with Crippen molar-refractivity contribution in [3.63, 3.8) is 0 Å². The lowest BCUT2D eigenvalue weighted by molar-refractivity contribution is -0.122. The van der Waals surface area contributed by atoms with Gasteiger partial charge in [-0.1, -0.05) is 76.6 Å². The maximum absolute atomic E-state index is 11.9. The third-order valence-corrected chi connectivity index (χ3v) is 4.49. The molecule has 0 bridgehead atoms. The summed E-state index contributed by atoms with van der Waals surface area (Å²) in [7, 11) is 0. The fourth-order valence-electron chi connectivity index (χ4n) is 2.85. The SMILES string of the molecule is CCCCCCC(=O)NCc1cccc(CNC(=O)CCCCCC)c1. The van der Waals surface area contributed by atoms with Crippen LogP contribution >= 0.6 is 0 Å². The van der Waals surface area contributed by atoms with Crippen molar-refractivity contribution < 1.29 is 9.59 Å². The van der Waals surface area contributed by atoms with Gasteiger partial charge in [0.2, 0.25) is 11.8 Å². The molecule has 0 fully saturated rings. The van der Waals surface area contributed by atoms with Crippen LogP contribution in [-0.2, 0) is 22.7 Å². The van der Waals surface area contributed by atoms with Gasteiger partial charge in [0.25, 0.3) is 0 Å². The summed E-state index contributed by atoms with van der Waals surface area (Å²) in [6, 6.07) is 8.04. The van der Waals surface area contributed by atoms with Crippen LogP contribution in [0.15, 0.2) is 24.3 Å². The molecule has 1 rings (SSSR count). The highest BCUT2D eigenvalue weighted by Gasteiger charge is 2.04. The van der Waals surface area contributed by atoms with Crippen molar-refractivity contribution in [2.75, 3.05) is 0 Å². The number of carbonyl (C=O) groups is 2. The second-order valence-electron chi connectivity index (χ2n) is 6.99. The first-order valence-electron chi connectivity index (χ1n) is 10.3. The quantitative estimate of drug-likeness (QED) is 0.466. The van der Waals surface area contributed by atoms with Crippen LogP contribution in [0, 0.1) is 0 Å². The van der Waals surface area contributed by atoms with Crippen LogP contribution in [0.2, 0.25) is 0 Å². The lowest BCUT2D eigenvalue weighted by Gasteiger charge is -2.09. The van der Waals surface area contributed by atoms with Gasteiger partial charge >= 0.3 is 0 Å². The van der Waals surface area contributed by atoms with Gasteiger partial charge in [-0.2, -0.15) is 0 Å². The fourth-order valence-corrected chi connectivity index (χ4v) is 2.85. The van der Waals surface area contributed by atoms with Gasteiger partial charge in [0.05, 0.1) is 0 Å². The van der Waals surface area contributed by atoms with E-state index in [1.54, 1.807) is 0 Å². The molecule has 0 radical (unpaired) electrons. The number of unbranched alkanes of at least 4 members (excludes halogenated alkanes) is 6. The van der Waals surface area contributed by atoms with Crippen LogP contribution in [0.5, 0.6) is 0 Å². The highest BCUT2D eigenvalue weighted by molar-refractivity contribution is 5.76. The van der Waals surface area contributed by atoms with E-state index in [4.69, 9.17) is 0 Å². The topological polar surface area (TPSA) is 58.2 Å². The van der Waals surface area contributed by atoms with Crippen molar-refractivity contribution >= 4 is 11.8 Å². The van der Waals surface area contributed by atoms with Crippen LogP contribution in [0.4, 0.5) is 0 Å². The van der Waals surface area contributed by atoms with Crippen LogP contribution < -0.4 is 10.6 Å².